The number of rotatable bonds is 15. The zero-order valence-electron chi connectivity index (χ0n) is 15.8. The summed E-state index contributed by atoms with van der Waals surface area (Å²) in [4.78, 5) is 0. The van der Waals surface area contributed by atoms with Crippen molar-refractivity contribution >= 4 is 17.6 Å². The second-order valence-corrected chi connectivity index (χ2v) is 11.1. The van der Waals surface area contributed by atoms with Gasteiger partial charge in [0.05, 0.1) is 0 Å². The average Bonchev–Trinajstić information content (AvgIpc) is 2.57. The molecular weight excluding hydrogens is 334 g/mol. The predicted molar refractivity (Wildman–Crippen MR) is 94.5 cm³/mol. The van der Waals surface area contributed by atoms with E-state index in [-0.39, 0.29) is 6.04 Å². The predicted octanol–water partition coefficient (Wildman–Crippen LogP) is 1.89. The summed E-state index contributed by atoms with van der Waals surface area (Å²) in [6.07, 6.45) is 0.918. The lowest BCUT2D eigenvalue weighted by atomic mass is 10.3. The molecule has 0 amide bonds. The minimum absolute atomic E-state index is 0.237. The maximum atomic E-state index is 5.73. The minimum Gasteiger partial charge on any atom is -0.377 e. The van der Waals surface area contributed by atoms with Crippen LogP contribution in [0.2, 0.25) is 12.1 Å². The highest BCUT2D eigenvalue weighted by Crippen LogP contribution is 2.18. The summed E-state index contributed by atoms with van der Waals surface area (Å²) in [5, 5.41) is 3.48. The van der Waals surface area contributed by atoms with Crippen molar-refractivity contribution in [3.05, 3.63) is 0 Å². The van der Waals surface area contributed by atoms with Crippen molar-refractivity contribution in [2.75, 3.05) is 48.2 Å². The van der Waals surface area contributed by atoms with Crippen LogP contribution in [0.15, 0.2) is 0 Å². The molecule has 0 aliphatic carbocycles. The monoisotopic (exact) mass is 369 g/mol. The highest BCUT2D eigenvalue weighted by Gasteiger charge is 2.40. The fourth-order valence-corrected chi connectivity index (χ4v) is 6.64. The molecule has 0 aromatic heterocycles. The van der Waals surface area contributed by atoms with Crippen LogP contribution in [0.3, 0.4) is 0 Å². The molecule has 0 bridgehead atoms. The molecule has 0 aliphatic heterocycles. The van der Waals surface area contributed by atoms with Gasteiger partial charge in [0.15, 0.2) is 0 Å². The van der Waals surface area contributed by atoms with Gasteiger partial charge in [0.25, 0.3) is 0 Å². The van der Waals surface area contributed by atoms with Crippen LogP contribution in [0.25, 0.3) is 0 Å². The third-order valence-corrected chi connectivity index (χ3v) is 9.70. The Hall–Kier alpha value is 0.154. The fraction of sp³-hybridized carbons (Fsp3) is 1.00. The van der Waals surface area contributed by atoms with Crippen molar-refractivity contribution in [1.82, 2.24) is 5.32 Å². The summed E-state index contributed by atoms with van der Waals surface area (Å²) in [5.74, 6) is 0. The van der Waals surface area contributed by atoms with Crippen molar-refractivity contribution in [2.45, 2.75) is 45.3 Å². The van der Waals surface area contributed by atoms with Gasteiger partial charge in [-0.05, 0) is 33.7 Å². The molecule has 0 aromatic carbocycles. The molecule has 0 heterocycles. The Morgan fingerprint density at radius 2 is 1.30 bits per heavy atom. The van der Waals surface area contributed by atoms with Crippen molar-refractivity contribution in [3.63, 3.8) is 0 Å². The van der Waals surface area contributed by atoms with E-state index in [1.54, 1.807) is 28.4 Å². The van der Waals surface area contributed by atoms with Crippen molar-refractivity contribution in [1.29, 1.82) is 0 Å². The van der Waals surface area contributed by atoms with Crippen LogP contribution in [0.4, 0.5) is 0 Å². The summed E-state index contributed by atoms with van der Waals surface area (Å²) in [5.41, 5.74) is 0. The molecule has 1 atom stereocenters. The Morgan fingerprint density at radius 3 is 1.74 bits per heavy atom. The first kappa shape index (κ1) is 23.2. The molecule has 0 saturated carbocycles. The molecule has 0 radical (unpaired) electrons. The maximum Gasteiger partial charge on any atom is 0.501 e. The van der Waals surface area contributed by atoms with Gasteiger partial charge in [0.1, 0.15) is 0 Å². The van der Waals surface area contributed by atoms with Crippen LogP contribution in [0.5, 0.6) is 0 Å². The van der Waals surface area contributed by atoms with E-state index in [0.717, 1.165) is 25.1 Å². The molecule has 1 N–H and O–H groups in total. The first-order valence-electron chi connectivity index (χ1n) is 8.18. The van der Waals surface area contributed by atoms with E-state index in [1.165, 1.54) is 0 Å². The van der Waals surface area contributed by atoms with E-state index < -0.39 is 17.6 Å². The van der Waals surface area contributed by atoms with Gasteiger partial charge >= 0.3 is 17.6 Å². The van der Waals surface area contributed by atoms with Crippen molar-refractivity contribution in [2.24, 2.45) is 0 Å². The first-order valence-corrected chi connectivity index (χ1v) is 12.0. The smallest absolute Gasteiger partial charge is 0.377 e. The van der Waals surface area contributed by atoms with E-state index in [1.807, 2.05) is 13.8 Å². The largest absolute Gasteiger partial charge is 0.501 e. The number of nitrogens with one attached hydrogen (secondary N) is 1. The molecule has 23 heavy (non-hydrogen) atoms. The third-order valence-electron chi connectivity index (χ3n) is 3.68. The van der Waals surface area contributed by atoms with Crippen LogP contribution in [0.1, 0.15) is 27.2 Å². The zero-order valence-corrected chi connectivity index (χ0v) is 17.8. The summed E-state index contributed by atoms with van der Waals surface area (Å²) < 4.78 is 33.5. The second kappa shape index (κ2) is 12.5. The Kier molecular flexibility index (Phi) is 12.6. The van der Waals surface area contributed by atoms with Gasteiger partial charge in [-0.3, -0.25) is 0 Å². The van der Waals surface area contributed by atoms with Gasteiger partial charge in [0.2, 0.25) is 0 Å². The SMILES string of the molecule is CCO[Si](CCCNC(C)C[Si](OC)(OC)OCC)(OC)OC. The third kappa shape index (κ3) is 8.19. The van der Waals surface area contributed by atoms with E-state index in [4.69, 9.17) is 26.6 Å². The van der Waals surface area contributed by atoms with E-state index in [9.17, 15) is 0 Å². The maximum absolute atomic E-state index is 5.73. The molecule has 0 rings (SSSR count). The van der Waals surface area contributed by atoms with Gasteiger partial charge in [0, 0.05) is 59.8 Å². The molecule has 0 saturated heterocycles. The molecule has 0 aliphatic rings. The molecule has 0 aromatic rings. The number of hydrogen-bond donors (Lipinski definition) is 1. The van der Waals surface area contributed by atoms with Crippen molar-refractivity contribution in [3.8, 4) is 0 Å². The highest BCUT2D eigenvalue weighted by atomic mass is 28.4. The zero-order chi connectivity index (χ0) is 17.8. The van der Waals surface area contributed by atoms with Gasteiger partial charge < -0.3 is 31.9 Å². The summed E-state index contributed by atoms with van der Waals surface area (Å²) in [7, 11) is 1.56. The van der Waals surface area contributed by atoms with Crippen LogP contribution in [-0.4, -0.2) is 71.8 Å². The van der Waals surface area contributed by atoms with Gasteiger partial charge in [-0.2, -0.15) is 0 Å². The lowest BCUT2D eigenvalue weighted by Crippen LogP contribution is -2.49. The molecule has 0 spiro atoms. The normalized spacial score (nSPS) is 14.2. The molecule has 7 nitrogen and oxygen atoms in total. The first-order chi connectivity index (χ1) is 11.0. The summed E-state index contributed by atoms with van der Waals surface area (Å²) in [6.45, 7) is 8.05. The topological polar surface area (TPSA) is 67.4 Å². The Balaban J connectivity index is 4.26. The summed E-state index contributed by atoms with van der Waals surface area (Å²) in [6, 6.07) is 1.76. The quantitative estimate of drug-likeness (QED) is 0.349. The Labute approximate surface area is 143 Å². The molecule has 140 valence electrons. The van der Waals surface area contributed by atoms with Crippen LogP contribution in [-0.2, 0) is 26.6 Å². The lowest BCUT2D eigenvalue weighted by molar-refractivity contribution is 0.0998. The standard InChI is InChI=1S/C14H35NO6Si2/c1-8-20-22(16-4,17-5)12-10-11-15-14(3)13-23(18-6,19-7)21-9-2/h14-15H,8-13H2,1-7H3. The minimum atomic E-state index is -2.56. The van der Waals surface area contributed by atoms with Crippen molar-refractivity contribution < 1.29 is 26.6 Å². The van der Waals surface area contributed by atoms with Crippen LogP contribution in [0, 0.1) is 0 Å². The second-order valence-electron chi connectivity index (χ2n) is 5.21. The van der Waals surface area contributed by atoms with E-state index >= 15 is 0 Å². The van der Waals surface area contributed by atoms with Crippen LogP contribution < -0.4 is 5.32 Å². The van der Waals surface area contributed by atoms with E-state index in [0.29, 0.717) is 13.2 Å². The van der Waals surface area contributed by atoms with Gasteiger partial charge in [-0.25, -0.2) is 0 Å². The van der Waals surface area contributed by atoms with Gasteiger partial charge in [-0.15, -0.1) is 0 Å². The van der Waals surface area contributed by atoms with E-state index in [2.05, 4.69) is 12.2 Å². The lowest BCUT2D eigenvalue weighted by Gasteiger charge is -2.29. The highest BCUT2D eigenvalue weighted by molar-refractivity contribution is 6.61. The Bertz CT molecular complexity index is 290. The molecule has 1 unspecified atom stereocenters. The average molecular weight is 370 g/mol. The molecule has 0 fully saturated rings. The van der Waals surface area contributed by atoms with Crippen LogP contribution >= 0.6 is 0 Å². The number of hydrogen-bond acceptors (Lipinski definition) is 7. The molecule has 9 heteroatoms. The fourth-order valence-electron chi connectivity index (χ4n) is 2.44. The molecular formula is C14H35NO6Si2. The Morgan fingerprint density at radius 1 is 0.826 bits per heavy atom. The van der Waals surface area contributed by atoms with Gasteiger partial charge in [-0.1, -0.05) is 0 Å². The summed E-state index contributed by atoms with van der Waals surface area (Å²) >= 11 is 0.